The maximum atomic E-state index is 11.8. The zero-order valence-corrected chi connectivity index (χ0v) is 11.0. The van der Waals surface area contributed by atoms with E-state index in [1.54, 1.807) is 0 Å². The Balaban J connectivity index is 2.91. The van der Waals surface area contributed by atoms with Crippen LogP contribution in [0.2, 0.25) is 0 Å². The van der Waals surface area contributed by atoms with Crippen molar-refractivity contribution in [3.8, 4) is 0 Å². The molecule has 1 atom stereocenters. The summed E-state index contributed by atoms with van der Waals surface area (Å²) in [5.74, 6) is 0. The predicted molar refractivity (Wildman–Crippen MR) is 61.4 cm³/mol. The lowest BCUT2D eigenvalue weighted by atomic mass is 10.0. The van der Waals surface area contributed by atoms with Gasteiger partial charge in [-0.3, -0.25) is 5.10 Å². The summed E-state index contributed by atoms with van der Waals surface area (Å²) in [4.78, 5) is 0. The van der Waals surface area contributed by atoms with E-state index in [1.165, 1.54) is 12.3 Å². The summed E-state index contributed by atoms with van der Waals surface area (Å²) in [6.45, 7) is 3.77. The van der Waals surface area contributed by atoms with Crippen LogP contribution in [0.5, 0.6) is 0 Å². The van der Waals surface area contributed by atoms with Crippen LogP contribution in [0.1, 0.15) is 20.3 Å². The van der Waals surface area contributed by atoms with Crippen molar-refractivity contribution < 1.29 is 8.42 Å². The summed E-state index contributed by atoms with van der Waals surface area (Å²) in [5.41, 5.74) is -0.482. The summed E-state index contributed by atoms with van der Waals surface area (Å²) in [7, 11) is -3.50. The molecule has 0 fully saturated rings. The summed E-state index contributed by atoms with van der Waals surface area (Å²) >= 11 is 3.30. The highest BCUT2D eigenvalue weighted by Gasteiger charge is 2.28. The van der Waals surface area contributed by atoms with Gasteiger partial charge in [0.15, 0.2) is 5.03 Å². The molecule has 1 heterocycles. The molecule has 5 nitrogen and oxygen atoms in total. The molecule has 0 radical (unpaired) electrons. The number of halogens is 1. The number of H-pyrrole nitrogens is 1. The second-order valence-electron chi connectivity index (χ2n) is 3.57. The number of aromatic nitrogens is 2. The number of aromatic amines is 1. The van der Waals surface area contributed by atoms with Crippen LogP contribution in [-0.4, -0.2) is 29.5 Å². The smallest absolute Gasteiger partial charge is 0.257 e. The van der Waals surface area contributed by atoms with Crippen molar-refractivity contribution in [2.24, 2.45) is 0 Å². The fourth-order valence-corrected chi connectivity index (χ4v) is 3.08. The first-order chi connectivity index (χ1) is 6.93. The normalized spacial score (nSPS) is 16.2. The van der Waals surface area contributed by atoms with E-state index in [0.717, 1.165) is 0 Å². The summed E-state index contributed by atoms with van der Waals surface area (Å²) in [6, 6.07) is 1.42. The van der Waals surface area contributed by atoms with Gasteiger partial charge in [0.05, 0.1) is 6.20 Å². The van der Waals surface area contributed by atoms with E-state index < -0.39 is 15.6 Å². The first kappa shape index (κ1) is 12.7. The van der Waals surface area contributed by atoms with Crippen LogP contribution in [-0.2, 0) is 10.0 Å². The molecule has 0 aliphatic rings. The molecule has 0 spiro atoms. The molecule has 1 unspecified atom stereocenters. The summed E-state index contributed by atoms with van der Waals surface area (Å²) in [5, 5.41) is 6.69. The second-order valence-corrected chi connectivity index (χ2v) is 5.79. The molecule has 0 aromatic carbocycles. The molecule has 0 saturated carbocycles. The summed E-state index contributed by atoms with van der Waals surface area (Å²) < 4.78 is 26.3. The average Bonchev–Trinajstić information content (AvgIpc) is 2.70. The topological polar surface area (TPSA) is 74.8 Å². The van der Waals surface area contributed by atoms with Gasteiger partial charge in [-0.15, -0.1) is 0 Å². The van der Waals surface area contributed by atoms with Gasteiger partial charge in [-0.1, -0.05) is 22.9 Å². The SMILES string of the molecule is CCC(C)(CBr)NS(=O)(=O)c1ccn[nH]1. The Morgan fingerprint density at radius 1 is 1.67 bits per heavy atom. The van der Waals surface area contributed by atoms with Crippen molar-refractivity contribution in [1.82, 2.24) is 14.9 Å². The third kappa shape index (κ3) is 3.02. The molecular weight excluding hydrogens is 282 g/mol. The molecule has 1 aromatic rings. The molecule has 0 saturated heterocycles. The molecule has 0 aliphatic carbocycles. The maximum Gasteiger partial charge on any atom is 0.257 e. The minimum absolute atomic E-state index is 0.0862. The molecule has 0 bridgehead atoms. The maximum absolute atomic E-state index is 11.8. The van der Waals surface area contributed by atoms with E-state index in [4.69, 9.17) is 0 Å². The number of nitrogens with zero attached hydrogens (tertiary/aromatic N) is 1. The number of nitrogens with one attached hydrogen (secondary N) is 2. The number of alkyl halides is 1. The number of hydrogen-bond donors (Lipinski definition) is 2. The zero-order chi connectivity index (χ0) is 11.5. The van der Waals surface area contributed by atoms with Crippen molar-refractivity contribution in [3.63, 3.8) is 0 Å². The van der Waals surface area contributed by atoms with E-state index in [-0.39, 0.29) is 5.03 Å². The predicted octanol–water partition coefficient (Wildman–Crippen LogP) is 1.25. The highest BCUT2D eigenvalue weighted by atomic mass is 79.9. The minimum Gasteiger partial charge on any atom is -0.266 e. The Morgan fingerprint density at radius 2 is 2.33 bits per heavy atom. The second kappa shape index (κ2) is 4.63. The Morgan fingerprint density at radius 3 is 2.73 bits per heavy atom. The minimum atomic E-state index is -3.50. The Bertz CT molecular complexity index is 398. The van der Waals surface area contributed by atoms with E-state index in [2.05, 4.69) is 30.8 Å². The van der Waals surface area contributed by atoms with E-state index in [0.29, 0.717) is 11.8 Å². The van der Waals surface area contributed by atoms with Gasteiger partial charge in [0.2, 0.25) is 0 Å². The van der Waals surface area contributed by atoms with Crippen LogP contribution < -0.4 is 4.72 Å². The van der Waals surface area contributed by atoms with E-state index in [9.17, 15) is 8.42 Å². The first-order valence-corrected chi connectivity index (χ1v) is 7.13. The molecule has 2 N–H and O–H groups in total. The molecule has 86 valence electrons. The largest absolute Gasteiger partial charge is 0.266 e. The number of sulfonamides is 1. The van der Waals surface area contributed by atoms with Gasteiger partial charge >= 0.3 is 0 Å². The highest BCUT2D eigenvalue weighted by Crippen LogP contribution is 2.16. The van der Waals surface area contributed by atoms with Crippen LogP contribution in [0.3, 0.4) is 0 Å². The zero-order valence-electron chi connectivity index (χ0n) is 8.62. The van der Waals surface area contributed by atoms with Gasteiger partial charge < -0.3 is 0 Å². The van der Waals surface area contributed by atoms with E-state index >= 15 is 0 Å². The van der Waals surface area contributed by atoms with Gasteiger partial charge in [-0.2, -0.15) is 5.10 Å². The fraction of sp³-hybridized carbons (Fsp3) is 0.625. The number of hydrogen-bond acceptors (Lipinski definition) is 3. The molecule has 1 aromatic heterocycles. The fourth-order valence-electron chi connectivity index (χ4n) is 0.966. The van der Waals surface area contributed by atoms with Crippen molar-refractivity contribution in [2.45, 2.75) is 30.8 Å². The van der Waals surface area contributed by atoms with Gasteiger partial charge in [0.25, 0.3) is 10.0 Å². The Labute approximate surface area is 97.8 Å². The van der Waals surface area contributed by atoms with Crippen LogP contribution in [0.25, 0.3) is 0 Å². The molecule has 0 amide bonds. The van der Waals surface area contributed by atoms with Crippen LogP contribution in [0.15, 0.2) is 17.3 Å². The molecule has 15 heavy (non-hydrogen) atoms. The monoisotopic (exact) mass is 295 g/mol. The highest BCUT2D eigenvalue weighted by molar-refractivity contribution is 9.09. The van der Waals surface area contributed by atoms with Gasteiger partial charge in [0.1, 0.15) is 0 Å². The van der Waals surface area contributed by atoms with Crippen LogP contribution >= 0.6 is 15.9 Å². The molecule has 7 heteroatoms. The van der Waals surface area contributed by atoms with Crippen molar-refractivity contribution in [1.29, 1.82) is 0 Å². The third-order valence-corrected chi connectivity index (χ3v) is 5.03. The lowest BCUT2D eigenvalue weighted by Crippen LogP contribution is -2.46. The Hall–Kier alpha value is -0.400. The standard InChI is InChI=1S/C8H14BrN3O2S/c1-3-8(2,6-9)12-15(13,14)7-4-5-10-11-7/h4-5,12H,3,6H2,1-2H3,(H,10,11). The van der Waals surface area contributed by atoms with Crippen molar-refractivity contribution in [3.05, 3.63) is 12.3 Å². The first-order valence-electron chi connectivity index (χ1n) is 4.53. The Kier molecular flexibility index (Phi) is 3.91. The van der Waals surface area contributed by atoms with Crippen molar-refractivity contribution in [2.75, 3.05) is 5.33 Å². The number of rotatable bonds is 5. The van der Waals surface area contributed by atoms with Crippen molar-refractivity contribution >= 4 is 26.0 Å². The van der Waals surface area contributed by atoms with Gasteiger partial charge in [-0.05, 0) is 19.4 Å². The van der Waals surface area contributed by atoms with Crippen LogP contribution in [0.4, 0.5) is 0 Å². The molecular formula is C8H14BrN3O2S. The van der Waals surface area contributed by atoms with Gasteiger partial charge in [-0.25, -0.2) is 13.1 Å². The summed E-state index contributed by atoms with van der Waals surface area (Å²) in [6.07, 6.45) is 2.11. The van der Waals surface area contributed by atoms with Crippen LogP contribution in [0, 0.1) is 0 Å². The lowest BCUT2D eigenvalue weighted by molar-refractivity contribution is 0.448. The molecule has 0 aliphatic heterocycles. The lowest BCUT2D eigenvalue weighted by Gasteiger charge is -2.26. The third-order valence-electron chi connectivity index (χ3n) is 2.22. The molecule has 1 rings (SSSR count). The quantitative estimate of drug-likeness (QED) is 0.803. The van der Waals surface area contributed by atoms with Gasteiger partial charge in [0, 0.05) is 10.9 Å². The van der Waals surface area contributed by atoms with E-state index in [1.807, 2.05) is 13.8 Å². The average molecular weight is 296 g/mol.